The number of hydrogen-bond acceptors (Lipinski definition) is 8. The van der Waals surface area contributed by atoms with Crippen LogP contribution in [0.4, 0.5) is 0 Å². The summed E-state index contributed by atoms with van der Waals surface area (Å²) in [5.74, 6) is 1.89. The third kappa shape index (κ3) is 5.29. The van der Waals surface area contributed by atoms with E-state index in [0.29, 0.717) is 36.6 Å². The van der Waals surface area contributed by atoms with E-state index in [1.54, 1.807) is 21.3 Å². The number of ketones is 1. The van der Waals surface area contributed by atoms with Crippen molar-refractivity contribution < 1.29 is 33.3 Å². The van der Waals surface area contributed by atoms with Crippen LogP contribution in [-0.4, -0.2) is 68.8 Å². The van der Waals surface area contributed by atoms with Crippen LogP contribution in [-0.2, 0) is 24.7 Å². The van der Waals surface area contributed by atoms with E-state index in [1.807, 2.05) is 72.8 Å². The van der Waals surface area contributed by atoms with E-state index < -0.39 is 23.8 Å². The van der Waals surface area contributed by atoms with Crippen LogP contribution in [0.1, 0.15) is 43.4 Å². The molecule has 2 fully saturated rings. The molecule has 2 aliphatic heterocycles. The minimum absolute atomic E-state index is 0.150. The Hall–Kier alpha value is -3.88. The molecular weight excluding hydrogens is 522 g/mol. The smallest absolute Gasteiger partial charge is 0.303 e. The number of rotatable bonds is 10. The van der Waals surface area contributed by atoms with Crippen LogP contribution in [0.15, 0.2) is 72.8 Å². The third-order valence-electron chi connectivity index (χ3n) is 8.28. The fraction of sp³-hybridized carbons (Fsp3) is 0.394. The molecule has 0 amide bonds. The normalized spacial score (nSPS) is 22.3. The van der Waals surface area contributed by atoms with Gasteiger partial charge in [0.2, 0.25) is 0 Å². The van der Waals surface area contributed by atoms with Crippen molar-refractivity contribution in [1.29, 1.82) is 0 Å². The van der Waals surface area contributed by atoms with Gasteiger partial charge in [-0.05, 0) is 59.6 Å². The lowest BCUT2D eigenvalue weighted by molar-refractivity contribution is -0.160. The van der Waals surface area contributed by atoms with Crippen molar-refractivity contribution in [1.82, 2.24) is 4.90 Å². The van der Waals surface area contributed by atoms with Crippen LogP contribution in [0.25, 0.3) is 0 Å². The van der Waals surface area contributed by atoms with E-state index in [0.717, 1.165) is 16.7 Å². The summed E-state index contributed by atoms with van der Waals surface area (Å²) in [6, 6.07) is 22.8. The Kier molecular flexibility index (Phi) is 8.33. The first-order valence-electron chi connectivity index (χ1n) is 13.9. The molecule has 216 valence electrons. The standard InChI is InChI=1S/C33H37NO7/c1-6-34-29-19-25(36)20-30(34)32(31(29)40-21(2)35)41-33(22-7-13-26(37-3)14-8-22,23-9-15-27(38-4)16-10-23)24-11-17-28(39-5)18-12-24/h7-18,29-32H,6,19-20H2,1-5H3/t29-,30+,31-,32+/m0/s1. The number of methoxy groups -OCH3 is 3. The molecule has 0 radical (unpaired) electrons. The molecule has 0 unspecified atom stereocenters. The maximum atomic E-state index is 12.9. The number of carbonyl (C=O) groups excluding carboxylic acids is 2. The largest absolute Gasteiger partial charge is 0.497 e. The van der Waals surface area contributed by atoms with E-state index in [-0.39, 0.29) is 17.9 Å². The molecule has 0 N–H and O–H groups in total. The first kappa shape index (κ1) is 28.6. The van der Waals surface area contributed by atoms with E-state index in [4.69, 9.17) is 23.7 Å². The molecule has 0 spiro atoms. The van der Waals surface area contributed by atoms with E-state index in [1.165, 1.54) is 6.92 Å². The molecular formula is C33H37NO7. The first-order valence-corrected chi connectivity index (χ1v) is 13.9. The summed E-state index contributed by atoms with van der Waals surface area (Å²) in [5, 5.41) is 0. The number of ether oxygens (including phenoxy) is 5. The Labute approximate surface area is 241 Å². The zero-order valence-corrected chi connectivity index (χ0v) is 24.2. The summed E-state index contributed by atoms with van der Waals surface area (Å²) in [6.07, 6.45) is -0.543. The predicted octanol–water partition coefficient (Wildman–Crippen LogP) is 4.76. The van der Waals surface area contributed by atoms with Crippen molar-refractivity contribution in [3.8, 4) is 17.2 Å². The number of fused-ring (bicyclic) bond motifs is 2. The summed E-state index contributed by atoms with van der Waals surface area (Å²) in [4.78, 5) is 27.5. The molecule has 2 heterocycles. The molecule has 0 aliphatic carbocycles. The maximum Gasteiger partial charge on any atom is 0.303 e. The van der Waals surface area contributed by atoms with Crippen molar-refractivity contribution in [3.63, 3.8) is 0 Å². The number of nitrogens with zero attached hydrogens (tertiary/aromatic N) is 1. The van der Waals surface area contributed by atoms with Gasteiger partial charge in [-0.15, -0.1) is 0 Å². The van der Waals surface area contributed by atoms with Crippen LogP contribution < -0.4 is 14.2 Å². The lowest BCUT2D eigenvalue weighted by Gasteiger charge is -2.41. The third-order valence-corrected chi connectivity index (χ3v) is 8.28. The molecule has 5 rings (SSSR count). The molecule has 8 nitrogen and oxygen atoms in total. The van der Waals surface area contributed by atoms with Gasteiger partial charge in [-0.25, -0.2) is 0 Å². The highest BCUT2D eigenvalue weighted by molar-refractivity contribution is 5.81. The molecule has 0 saturated carbocycles. The number of Topliss-reactive ketones (excluding diaryl/α,β-unsaturated/α-hetero) is 1. The topological polar surface area (TPSA) is 83.5 Å². The fourth-order valence-corrected chi connectivity index (χ4v) is 6.42. The van der Waals surface area contributed by atoms with Crippen LogP contribution in [0.3, 0.4) is 0 Å². The number of piperidine rings is 1. The van der Waals surface area contributed by atoms with Gasteiger partial charge in [0.15, 0.2) is 0 Å². The molecule has 3 aromatic rings. The number of benzene rings is 3. The summed E-state index contributed by atoms with van der Waals surface area (Å²) in [5.41, 5.74) is 1.41. The first-order chi connectivity index (χ1) is 19.8. The zero-order chi connectivity index (χ0) is 29.1. The molecule has 41 heavy (non-hydrogen) atoms. The minimum atomic E-state index is -1.15. The minimum Gasteiger partial charge on any atom is -0.497 e. The van der Waals surface area contributed by atoms with E-state index >= 15 is 0 Å². The lowest BCUT2D eigenvalue weighted by Crippen LogP contribution is -2.47. The highest BCUT2D eigenvalue weighted by atomic mass is 16.6. The van der Waals surface area contributed by atoms with Gasteiger partial charge < -0.3 is 23.7 Å². The Morgan fingerprint density at radius 1 is 0.732 bits per heavy atom. The van der Waals surface area contributed by atoms with Crippen molar-refractivity contribution in [2.45, 2.75) is 56.6 Å². The highest BCUT2D eigenvalue weighted by Gasteiger charge is 2.57. The van der Waals surface area contributed by atoms with Crippen molar-refractivity contribution >= 4 is 11.8 Å². The molecule has 2 saturated heterocycles. The van der Waals surface area contributed by atoms with E-state index in [2.05, 4.69) is 11.8 Å². The highest BCUT2D eigenvalue weighted by Crippen LogP contribution is 2.47. The Bertz CT molecular complexity index is 1240. The van der Waals surface area contributed by atoms with Gasteiger partial charge in [-0.1, -0.05) is 43.3 Å². The molecule has 0 aromatic heterocycles. The van der Waals surface area contributed by atoms with Gasteiger partial charge in [0.1, 0.15) is 40.8 Å². The lowest BCUT2D eigenvalue weighted by atomic mass is 9.79. The van der Waals surface area contributed by atoms with Crippen LogP contribution in [0, 0.1) is 0 Å². The van der Waals surface area contributed by atoms with Crippen molar-refractivity contribution in [2.75, 3.05) is 27.9 Å². The van der Waals surface area contributed by atoms with Crippen molar-refractivity contribution in [3.05, 3.63) is 89.5 Å². The average Bonchev–Trinajstić information content (AvgIpc) is 3.17. The van der Waals surface area contributed by atoms with Gasteiger partial charge in [-0.3, -0.25) is 14.5 Å². The number of hydrogen-bond donors (Lipinski definition) is 0. The van der Waals surface area contributed by atoms with Gasteiger partial charge in [-0.2, -0.15) is 0 Å². The number of likely N-dealkylation sites (N-methyl/N-ethyl adjacent to an activating group) is 1. The van der Waals surface area contributed by atoms with Gasteiger partial charge in [0.25, 0.3) is 0 Å². The fourth-order valence-electron chi connectivity index (χ4n) is 6.42. The zero-order valence-electron chi connectivity index (χ0n) is 24.2. The van der Waals surface area contributed by atoms with Gasteiger partial charge in [0, 0.05) is 25.8 Å². The van der Waals surface area contributed by atoms with Crippen LogP contribution in [0.2, 0.25) is 0 Å². The average molecular weight is 560 g/mol. The number of esters is 1. The summed E-state index contributed by atoms with van der Waals surface area (Å²) < 4.78 is 29.8. The summed E-state index contributed by atoms with van der Waals surface area (Å²) in [6.45, 7) is 4.18. The Morgan fingerprint density at radius 2 is 1.12 bits per heavy atom. The molecule has 2 bridgehead atoms. The summed E-state index contributed by atoms with van der Waals surface area (Å²) >= 11 is 0. The second-order valence-electron chi connectivity index (χ2n) is 10.4. The van der Waals surface area contributed by atoms with Crippen LogP contribution >= 0.6 is 0 Å². The Morgan fingerprint density at radius 3 is 1.46 bits per heavy atom. The van der Waals surface area contributed by atoms with Gasteiger partial charge in [0.05, 0.1) is 27.4 Å². The van der Waals surface area contributed by atoms with Gasteiger partial charge >= 0.3 is 5.97 Å². The SMILES string of the molecule is CCN1[C@@H]2CC(=O)C[C@H]1[C@H](OC(C)=O)[C@@H]2OC(c1ccc(OC)cc1)(c1ccc(OC)cc1)c1ccc(OC)cc1. The predicted molar refractivity (Wildman–Crippen MR) is 153 cm³/mol. The summed E-state index contributed by atoms with van der Waals surface area (Å²) in [7, 11) is 4.89. The van der Waals surface area contributed by atoms with E-state index in [9.17, 15) is 9.59 Å². The van der Waals surface area contributed by atoms with Crippen molar-refractivity contribution in [2.24, 2.45) is 0 Å². The number of carbonyl (C=O) groups is 2. The molecule has 3 aromatic carbocycles. The van der Waals surface area contributed by atoms with Crippen LogP contribution in [0.5, 0.6) is 17.2 Å². The molecule has 4 atom stereocenters. The quantitative estimate of drug-likeness (QED) is 0.260. The maximum absolute atomic E-state index is 12.9. The molecule has 2 aliphatic rings. The Balaban J connectivity index is 1.75. The second-order valence-corrected chi connectivity index (χ2v) is 10.4. The monoisotopic (exact) mass is 559 g/mol. The second kappa shape index (κ2) is 11.9. The molecule has 8 heteroatoms.